The molecule has 0 aliphatic carbocycles. The molecule has 1 rings (SSSR count). The minimum Gasteiger partial charge on any atom is -0.387 e. The maximum atomic E-state index is 10.1. The zero-order valence-corrected chi connectivity index (χ0v) is 11.0. The lowest BCUT2D eigenvalue weighted by Crippen LogP contribution is -2.38. The van der Waals surface area contributed by atoms with E-state index in [9.17, 15) is 5.11 Å². The minimum absolute atomic E-state index is 0.0404. The summed E-state index contributed by atoms with van der Waals surface area (Å²) in [7, 11) is 0. The molecule has 0 saturated heterocycles. The molecule has 0 radical (unpaired) electrons. The lowest BCUT2D eigenvalue weighted by molar-refractivity contribution is 0.162. The van der Waals surface area contributed by atoms with Gasteiger partial charge in [-0.1, -0.05) is 18.2 Å². The number of β-amino-alcohol motifs (C(OH)–C–C–N with tert-alkyl or cyclic N) is 1. The van der Waals surface area contributed by atoms with Gasteiger partial charge in [0.1, 0.15) is 0 Å². The van der Waals surface area contributed by atoms with Crippen LogP contribution < -0.4 is 5.32 Å². The predicted molar refractivity (Wildman–Crippen MR) is 68.6 cm³/mol. The number of aryl methyl sites for hydroxylation is 1. The number of rotatable bonds is 3. The van der Waals surface area contributed by atoms with E-state index in [2.05, 4.69) is 46.0 Å². The monoisotopic (exact) mass is 221 g/mol. The van der Waals surface area contributed by atoms with Gasteiger partial charge in [-0.15, -0.1) is 0 Å². The quantitative estimate of drug-likeness (QED) is 0.822. The SMILES string of the molecule is Cc1cccc(C(O)CNC(C)(C)C)c1C. The summed E-state index contributed by atoms with van der Waals surface area (Å²) >= 11 is 0. The number of aliphatic hydroxyl groups is 1. The van der Waals surface area contributed by atoms with Crippen LogP contribution in [-0.4, -0.2) is 17.2 Å². The molecule has 0 heterocycles. The highest BCUT2D eigenvalue weighted by Crippen LogP contribution is 2.20. The molecule has 0 saturated carbocycles. The van der Waals surface area contributed by atoms with E-state index in [0.717, 1.165) is 5.56 Å². The molecule has 0 aliphatic rings. The molecule has 0 bridgehead atoms. The van der Waals surface area contributed by atoms with Crippen LogP contribution in [-0.2, 0) is 0 Å². The Balaban J connectivity index is 2.73. The summed E-state index contributed by atoms with van der Waals surface area (Å²) in [5.41, 5.74) is 3.48. The van der Waals surface area contributed by atoms with Crippen molar-refractivity contribution in [3.63, 3.8) is 0 Å². The Kier molecular flexibility index (Phi) is 4.11. The third-order valence-corrected chi connectivity index (χ3v) is 2.83. The molecule has 0 spiro atoms. The van der Waals surface area contributed by atoms with Gasteiger partial charge in [0, 0.05) is 12.1 Å². The highest BCUT2D eigenvalue weighted by molar-refractivity contribution is 5.34. The smallest absolute Gasteiger partial charge is 0.0917 e. The first kappa shape index (κ1) is 13.2. The zero-order chi connectivity index (χ0) is 12.3. The number of nitrogens with one attached hydrogen (secondary N) is 1. The van der Waals surface area contributed by atoms with E-state index in [1.165, 1.54) is 11.1 Å². The summed E-state index contributed by atoms with van der Waals surface area (Å²) in [5.74, 6) is 0. The van der Waals surface area contributed by atoms with E-state index < -0.39 is 6.10 Å². The van der Waals surface area contributed by atoms with E-state index >= 15 is 0 Å². The molecular weight excluding hydrogens is 198 g/mol. The maximum Gasteiger partial charge on any atom is 0.0917 e. The molecule has 0 fully saturated rings. The van der Waals surface area contributed by atoms with Crippen molar-refractivity contribution in [1.29, 1.82) is 0 Å². The molecule has 1 aromatic rings. The van der Waals surface area contributed by atoms with Gasteiger partial charge in [-0.2, -0.15) is 0 Å². The van der Waals surface area contributed by atoms with Crippen molar-refractivity contribution < 1.29 is 5.11 Å². The van der Waals surface area contributed by atoms with Crippen LogP contribution >= 0.6 is 0 Å². The van der Waals surface area contributed by atoms with Crippen LogP contribution in [0.15, 0.2) is 18.2 Å². The van der Waals surface area contributed by atoms with Crippen molar-refractivity contribution in [3.8, 4) is 0 Å². The molecule has 0 amide bonds. The van der Waals surface area contributed by atoms with Crippen LogP contribution in [0.1, 0.15) is 43.6 Å². The fourth-order valence-electron chi connectivity index (χ4n) is 1.65. The van der Waals surface area contributed by atoms with Crippen molar-refractivity contribution in [1.82, 2.24) is 5.32 Å². The predicted octanol–water partition coefficient (Wildman–Crippen LogP) is 2.72. The zero-order valence-electron chi connectivity index (χ0n) is 11.0. The Morgan fingerprint density at radius 1 is 1.25 bits per heavy atom. The number of benzene rings is 1. The molecule has 0 aliphatic heterocycles. The standard InChI is InChI=1S/C14H23NO/c1-10-7-6-8-12(11(10)2)13(16)9-15-14(3,4)5/h6-8,13,15-16H,9H2,1-5H3. The summed E-state index contributed by atoms with van der Waals surface area (Å²) in [4.78, 5) is 0. The fraction of sp³-hybridized carbons (Fsp3) is 0.571. The second-order valence-electron chi connectivity index (χ2n) is 5.44. The molecule has 1 aromatic carbocycles. The topological polar surface area (TPSA) is 32.3 Å². The molecule has 90 valence electrons. The Bertz CT molecular complexity index is 352. The van der Waals surface area contributed by atoms with Crippen LogP contribution in [0.3, 0.4) is 0 Å². The highest BCUT2D eigenvalue weighted by atomic mass is 16.3. The second-order valence-corrected chi connectivity index (χ2v) is 5.44. The van der Waals surface area contributed by atoms with Gasteiger partial charge < -0.3 is 10.4 Å². The first-order valence-electron chi connectivity index (χ1n) is 5.80. The number of hydrogen-bond donors (Lipinski definition) is 2. The molecule has 0 aromatic heterocycles. The van der Waals surface area contributed by atoms with Gasteiger partial charge in [0.15, 0.2) is 0 Å². The van der Waals surface area contributed by atoms with Gasteiger partial charge in [0.05, 0.1) is 6.10 Å². The normalized spacial score (nSPS) is 13.9. The Hall–Kier alpha value is -0.860. The van der Waals surface area contributed by atoms with Crippen LogP contribution in [0.2, 0.25) is 0 Å². The van der Waals surface area contributed by atoms with Crippen molar-refractivity contribution >= 4 is 0 Å². The minimum atomic E-state index is -0.431. The van der Waals surface area contributed by atoms with Crippen molar-refractivity contribution in [2.45, 2.75) is 46.3 Å². The van der Waals surface area contributed by atoms with Gasteiger partial charge >= 0.3 is 0 Å². The van der Waals surface area contributed by atoms with Gasteiger partial charge in [0.2, 0.25) is 0 Å². The molecule has 2 N–H and O–H groups in total. The van der Waals surface area contributed by atoms with Crippen LogP contribution in [0.5, 0.6) is 0 Å². The van der Waals surface area contributed by atoms with Crippen molar-refractivity contribution in [2.24, 2.45) is 0 Å². The van der Waals surface area contributed by atoms with E-state index in [4.69, 9.17) is 0 Å². The van der Waals surface area contributed by atoms with Crippen LogP contribution in [0.25, 0.3) is 0 Å². The van der Waals surface area contributed by atoms with Gasteiger partial charge in [-0.05, 0) is 51.3 Å². The van der Waals surface area contributed by atoms with Crippen molar-refractivity contribution in [3.05, 3.63) is 34.9 Å². The Labute approximate surface area is 98.7 Å². The van der Waals surface area contributed by atoms with E-state index in [0.29, 0.717) is 6.54 Å². The van der Waals surface area contributed by atoms with E-state index in [1.54, 1.807) is 0 Å². The first-order chi connectivity index (χ1) is 7.31. The molecule has 1 unspecified atom stereocenters. The lowest BCUT2D eigenvalue weighted by Gasteiger charge is -2.24. The van der Waals surface area contributed by atoms with Gasteiger partial charge in [0.25, 0.3) is 0 Å². The van der Waals surface area contributed by atoms with E-state index in [1.807, 2.05) is 12.1 Å². The summed E-state index contributed by atoms with van der Waals surface area (Å²) < 4.78 is 0. The van der Waals surface area contributed by atoms with Gasteiger partial charge in [-0.25, -0.2) is 0 Å². The number of aliphatic hydroxyl groups excluding tert-OH is 1. The highest BCUT2D eigenvalue weighted by Gasteiger charge is 2.15. The Morgan fingerprint density at radius 2 is 1.88 bits per heavy atom. The van der Waals surface area contributed by atoms with Crippen molar-refractivity contribution in [2.75, 3.05) is 6.54 Å². The first-order valence-corrected chi connectivity index (χ1v) is 5.80. The summed E-state index contributed by atoms with van der Waals surface area (Å²) in [6.07, 6.45) is -0.431. The van der Waals surface area contributed by atoms with Crippen LogP contribution in [0, 0.1) is 13.8 Å². The fourth-order valence-corrected chi connectivity index (χ4v) is 1.65. The average molecular weight is 221 g/mol. The molecule has 2 nitrogen and oxygen atoms in total. The molecular formula is C14H23NO. The second kappa shape index (κ2) is 4.98. The average Bonchev–Trinajstić information content (AvgIpc) is 2.17. The Morgan fingerprint density at radius 3 is 2.44 bits per heavy atom. The number of hydrogen-bond acceptors (Lipinski definition) is 2. The third kappa shape index (κ3) is 3.62. The van der Waals surface area contributed by atoms with Gasteiger partial charge in [-0.3, -0.25) is 0 Å². The largest absolute Gasteiger partial charge is 0.387 e. The summed E-state index contributed by atoms with van der Waals surface area (Å²) in [6.45, 7) is 11.0. The molecule has 2 heteroatoms. The summed E-state index contributed by atoms with van der Waals surface area (Å²) in [6, 6.07) is 6.07. The van der Waals surface area contributed by atoms with Crippen LogP contribution in [0.4, 0.5) is 0 Å². The molecule has 16 heavy (non-hydrogen) atoms. The lowest BCUT2D eigenvalue weighted by atomic mass is 9.98. The maximum absolute atomic E-state index is 10.1. The third-order valence-electron chi connectivity index (χ3n) is 2.83. The van der Waals surface area contributed by atoms with E-state index in [-0.39, 0.29) is 5.54 Å². The summed E-state index contributed by atoms with van der Waals surface area (Å²) in [5, 5.41) is 13.4. The molecule has 1 atom stereocenters.